The zero-order valence-corrected chi connectivity index (χ0v) is 19.2. The predicted molar refractivity (Wildman–Crippen MR) is 128 cm³/mol. The zero-order valence-electron chi connectivity index (χ0n) is 17.6. The summed E-state index contributed by atoms with van der Waals surface area (Å²) in [6.07, 6.45) is 0. The largest absolute Gasteiger partial charge is 0.494 e. The van der Waals surface area contributed by atoms with Crippen LogP contribution in [0.1, 0.15) is 40.2 Å². The van der Waals surface area contributed by atoms with Crippen LogP contribution < -0.4 is 15.1 Å². The van der Waals surface area contributed by atoms with Crippen LogP contribution in [0.5, 0.6) is 5.75 Å². The summed E-state index contributed by atoms with van der Waals surface area (Å²) < 4.78 is 12.5. The highest BCUT2D eigenvalue weighted by atomic mass is 79.9. The molecule has 0 N–H and O–H groups in total. The Hall–Kier alpha value is -3.38. The molecule has 0 saturated carbocycles. The van der Waals surface area contributed by atoms with E-state index in [1.54, 1.807) is 23.1 Å². The van der Waals surface area contributed by atoms with Crippen LogP contribution in [0, 0.1) is 6.92 Å². The van der Waals surface area contributed by atoms with Crippen molar-refractivity contribution in [2.45, 2.75) is 19.9 Å². The van der Waals surface area contributed by atoms with Crippen LogP contribution in [0.25, 0.3) is 11.0 Å². The van der Waals surface area contributed by atoms with Crippen LogP contribution in [0.4, 0.5) is 5.69 Å². The van der Waals surface area contributed by atoms with Gasteiger partial charge in [0, 0.05) is 10.2 Å². The quantitative estimate of drug-likeness (QED) is 0.352. The standard InChI is InChI=1S/C26H20BrNO4/c1-3-31-19-9-5-7-16(13-19)23-22-24(29)20-14-17(27)10-11-21(20)32-25(22)26(30)28(23)18-8-4-6-15(2)12-18/h4-14,23H,3H2,1-2H3. The summed E-state index contributed by atoms with van der Waals surface area (Å²) in [5.74, 6) is 0.431. The molecule has 0 aliphatic carbocycles. The minimum Gasteiger partial charge on any atom is -0.494 e. The van der Waals surface area contributed by atoms with Gasteiger partial charge in [-0.15, -0.1) is 0 Å². The third kappa shape index (κ3) is 3.31. The molecule has 1 aliphatic heterocycles. The Morgan fingerprint density at radius 2 is 1.84 bits per heavy atom. The molecule has 0 radical (unpaired) electrons. The lowest BCUT2D eigenvalue weighted by atomic mass is 9.98. The normalized spacial score (nSPS) is 15.3. The number of fused-ring (bicyclic) bond motifs is 2. The van der Waals surface area contributed by atoms with Crippen molar-refractivity contribution in [2.24, 2.45) is 0 Å². The Morgan fingerprint density at radius 3 is 2.62 bits per heavy atom. The molecule has 5 rings (SSSR count). The molecule has 6 heteroatoms. The molecule has 32 heavy (non-hydrogen) atoms. The number of rotatable bonds is 4. The maximum atomic E-state index is 13.7. The zero-order chi connectivity index (χ0) is 22.4. The van der Waals surface area contributed by atoms with E-state index in [0.717, 1.165) is 15.6 Å². The topological polar surface area (TPSA) is 59.8 Å². The lowest BCUT2D eigenvalue weighted by Crippen LogP contribution is -2.29. The van der Waals surface area contributed by atoms with Crippen LogP contribution in [-0.2, 0) is 0 Å². The number of carbonyl (C=O) groups excluding carboxylic acids is 1. The molecule has 0 bridgehead atoms. The van der Waals surface area contributed by atoms with Crippen LogP contribution in [0.3, 0.4) is 0 Å². The summed E-state index contributed by atoms with van der Waals surface area (Å²) in [6, 6.07) is 19.8. The molecule has 1 atom stereocenters. The minimum absolute atomic E-state index is 0.0816. The first kappa shape index (κ1) is 20.5. The molecule has 1 aromatic heterocycles. The summed E-state index contributed by atoms with van der Waals surface area (Å²) in [7, 11) is 0. The number of ether oxygens (including phenoxy) is 1. The molecule has 1 amide bonds. The van der Waals surface area contributed by atoms with Crippen molar-refractivity contribution in [2.75, 3.05) is 11.5 Å². The fourth-order valence-corrected chi connectivity index (χ4v) is 4.61. The van der Waals surface area contributed by atoms with Gasteiger partial charge in [-0.2, -0.15) is 0 Å². The summed E-state index contributed by atoms with van der Waals surface area (Å²) in [4.78, 5) is 28.9. The number of halogens is 1. The molecule has 5 nitrogen and oxygen atoms in total. The number of nitrogens with zero attached hydrogens (tertiary/aromatic N) is 1. The Bertz CT molecular complexity index is 1430. The van der Waals surface area contributed by atoms with E-state index in [1.165, 1.54) is 0 Å². The second-order valence-corrected chi connectivity index (χ2v) is 8.65. The SMILES string of the molecule is CCOc1cccc(C2c3c(oc4ccc(Br)cc4c3=O)C(=O)N2c2cccc(C)c2)c1. The molecular formula is C26H20BrNO4. The highest BCUT2D eigenvalue weighted by molar-refractivity contribution is 9.10. The van der Waals surface area contributed by atoms with Crippen molar-refractivity contribution >= 4 is 38.5 Å². The Kier molecular flexibility index (Phi) is 5.10. The number of benzene rings is 3. The third-order valence-corrected chi connectivity index (χ3v) is 6.09. The second-order valence-electron chi connectivity index (χ2n) is 7.74. The van der Waals surface area contributed by atoms with E-state index < -0.39 is 6.04 Å². The van der Waals surface area contributed by atoms with Crippen LogP contribution in [0.15, 0.2) is 80.4 Å². The molecule has 0 fully saturated rings. The van der Waals surface area contributed by atoms with Gasteiger partial charge in [0.25, 0.3) is 5.91 Å². The van der Waals surface area contributed by atoms with Crippen molar-refractivity contribution in [3.63, 3.8) is 0 Å². The van der Waals surface area contributed by atoms with E-state index in [2.05, 4.69) is 15.9 Å². The molecule has 1 unspecified atom stereocenters. The number of hydrogen-bond acceptors (Lipinski definition) is 4. The molecule has 0 saturated heterocycles. The Labute approximate surface area is 193 Å². The van der Waals surface area contributed by atoms with Gasteiger partial charge >= 0.3 is 0 Å². The van der Waals surface area contributed by atoms with E-state index in [1.807, 2.05) is 62.4 Å². The van der Waals surface area contributed by atoms with Gasteiger partial charge in [-0.05, 0) is 67.4 Å². The minimum atomic E-state index is -0.626. The van der Waals surface area contributed by atoms with Gasteiger partial charge in [-0.25, -0.2) is 0 Å². The molecule has 1 aliphatic rings. The predicted octanol–water partition coefficient (Wildman–Crippen LogP) is 6.01. The van der Waals surface area contributed by atoms with E-state index in [4.69, 9.17) is 9.15 Å². The molecule has 2 heterocycles. The fraction of sp³-hybridized carbons (Fsp3) is 0.154. The van der Waals surface area contributed by atoms with Gasteiger partial charge < -0.3 is 9.15 Å². The van der Waals surface area contributed by atoms with Crippen molar-refractivity contribution < 1.29 is 13.9 Å². The van der Waals surface area contributed by atoms with Crippen molar-refractivity contribution in [1.29, 1.82) is 0 Å². The van der Waals surface area contributed by atoms with Crippen molar-refractivity contribution in [3.05, 3.63) is 104 Å². The van der Waals surface area contributed by atoms with Crippen LogP contribution >= 0.6 is 15.9 Å². The van der Waals surface area contributed by atoms with Crippen LogP contribution in [-0.4, -0.2) is 12.5 Å². The fourth-order valence-electron chi connectivity index (χ4n) is 4.25. The molecule has 160 valence electrons. The molecular weight excluding hydrogens is 470 g/mol. The van der Waals surface area contributed by atoms with Gasteiger partial charge in [-0.3, -0.25) is 14.5 Å². The van der Waals surface area contributed by atoms with Gasteiger partial charge in [0.05, 0.1) is 23.6 Å². The molecule has 4 aromatic rings. The molecule has 0 spiro atoms. The summed E-state index contributed by atoms with van der Waals surface area (Å²) in [5, 5.41) is 0.433. The van der Waals surface area contributed by atoms with Gasteiger partial charge in [0.2, 0.25) is 5.76 Å². The average molecular weight is 490 g/mol. The summed E-state index contributed by atoms with van der Waals surface area (Å²) in [5.41, 5.74) is 3.03. The highest BCUT2D eigenvalue weighted by Gasteiger charge is 2.43. The average Bonchev–Trinajstić information content (AvgIpc) is 3.07. The third-order valence-electron chi connectivity index (χ3n) is 5.60. The van der Waals surface area contributed by atoms with E-state index in [9.17, 15) is 9.59 Å². The second kappa shape index (κ2) is 7.95. The first-order chi connectivity index (χ1) is 15.5. The number of aryl methyl sites for hydroxylation is 1. The van der Waals surface area contributed by atoms with Gasteiger partial charge in [-0.1, -0.05) is 40.2 Å². The number of carbonyl (C=O) groups is 1. The van der Waals surface area contributed by atoms with Crippen molar-refractivity contribution in [3.8, 4) is 5.75 Å². The maximum absolute atomic E-state index is 13.7. The highest BCUT2D eigenvalue weighted by Crippen LogP contribution is 2.42. The van der Waals surface area contributed by atoms with E-state index in [-0.39, 0.29) is 17.1 Å². The first-order valence-electron chi connectivity index (χ1n) is 10.4. The van der Waals surface area contributed by atoms with Crippen molar-refractivity contribution in [1.82, 2.24) is 0 Å². The number of anilines is 1. The smallest absolute Gasteiger partial charge is 0.295 e. The summed E-state index contributed by atoms with van der Waals surface area (Å²) in [6.45, 7) is 4.40. The monoisotopic (exact) mass is 489 g/mol. The van der Waals surface area contributed by atoms with E-state index >= 15 is 0 Å². The maximum Gasteiger partial charge on any atom is 0.295 e. The number of hydrogen-bond donors (Lipinski definition) is 0. The Balaban J connectivity index is 1.80. The first-order valence-corrected chi connectivity index (χ1v) is 11.2. The van der Waals surface area contributed by atoms with Gasteiger partial charge in [0.15, 0.2) is 5.43 Å². The van der Waals surface area contributed by atoms with Crippen LogP contribution in [0.2, 0.25) is 0 Å². The van der Waals surface area contributed by atoms with E-state index in [0.29, 0.717) is 34.6 Å². The summed E-state index contributed by atoms with van der Waals surface area (Å²) >= 11 is 3.43. The number of amides is 1. The lowest BCUT2D eigenvalue weighted by molar-refractivity contribution is 0.0971. The van der Waals surface area contributed by atoms with Gasteiger partial charge in [0.1, 0.15) is 11.3 Å². The lowest BCUT2D eigenvalue weighted by Gasteiger charge is -2.26. The molecule has 3 aromatic carbocycles. The Morgan fingerprint density at radius 1 is 1.03 bits per heavy atom.